The summed E-state index contributed by atoms with van der Waals surface area (Å²) < 4.78 is 0.737. The Kier molecular flexibility index (Phi) is 2.88. The van der Waals surface area contributed by atoms with Gasteiger partial charge in [0.2, 0.25) is 0 Å². The average molecular weight is 338 g/mol. The molecule has 0 fully saturated rings. The molecule has 0 radical (unpaired) electrons. The topological polar surface area (TPSA) is 50.3 Å². The second-order valence-electron chi connectivity index (χ2n) is 3.94. The van der Waals surface area contributed by atoms with Crippen molar-refractivity contribution in [2.45, 2.75) is 0 Å². The highest BCUT2D eigenvalue weighted by atomic mass is 79.9. The van der Waals surface area contributed by atoms with Crippen LogP contribution in [0.1, 0.15) is 20.7 Å². The van der Waals surface area contributed by atoms with Crippen LogP contribution in [0.5, 0.6) is 0 Å². The molecule has 0 saturated heterocycles. The van der Waals surface area contributed by atoms with E-state index in [-0.39, 0.29) is 10.8 Å². The lowest BCUT2D eigenvalue weighted by Gasteiger charge is -2.13. The van der Waals surface area contributed by atoms with Crippen molar-refractivity contribution >= 4 is 45.2 Å². The summed E-state index contributed by atoms with van der Waals surface area (Å²) in [6.45, 7) is 0. The summed E-state index contributed by atoms with van der Waals surface area (Å²) in [6, 6.07) is 8.17. The Hall–Kier alpha value is -1.72. The molecular formula is C13H6BrClN2O2. The molecule has 0 unspecified atom stereocenters. The van der Waals surface area contributed by atoms with E-state index in [1.54, 1.807) is 30.3 Å². The Morgan fingerprint density at radius 3 is 2.58 bits per heavy atom. The first-order valence-corrected chi connectivity index (χ1v) is 6.55. The van der Waals surface area contributed by atoms with Crippen molar-refractivity contribution in [3.8, 4) is 0 Å². The molecule has 1 aromatic carbocycles. The summed E-state index contributed by atoms with van der Waals surface area (Å²) in [5.74, 6) is -0.665. The zero-order valence-electron chi connectivity index (χ0n) is 9.43. The van der Waals surface area contributed by atoms with Crippen molar-refractivity contribution in [1.82, 2.24) is 4.98 Å². The molecule has 0 aliphatic carbocycles. The van der Waals surface area contributed by atoms with Gasteiger partial charge in [0, 0.05) is 10.7 Å². The summed E-state index contributed by atoms with van der Waals surface area (Å²) in [7, 11) is 0. The van der Waals surface area contributed by atoms with E-state index in [0.29, 0.717) is 11.1 Å². The molecule has 0 atom stereocenters. The molecule has 4 nitrogen and oxygen atoms in total. The lowest BCUT2D eigenvalue weighted by molar-refractivity contribution is 0.0925. The van der Waals surface area contributed by atoms with Crippen LogP contribution in [0.2, 0.25) is 5.02 Å². The first-order valence-electron chi connectivity index (χ1n) is 5.38. The monoisotopic (exact) mass is 336 g/mol. The number of imide groups is 1. The first-order chi connectivity index (χ1) is 9.09. The molecule has 19 heavy (non-hydrogen) atoms. The number of amides is 2. The number of aromatic nitrogens is 1. The SMILES string of the molecule is O=C1c2ccc(Br)cc2C(=O)N1c1ncccc1Cl. The third-order valence-corrected chi connectivity index (χ3v) is 3.59. The molecule has 1 aliphatic rings. The van der Waals surface area contributed by atoms with Gasteiger partial charge in [0.05, 0.1) is 16.1 Å². The number of fused-ring (bicyclic) bond motifs is 1. The molecule has 1 aliphatic heterocycles. The number of carbonyl (C=O) groups is 2. The highest BCUT2D eigenvalue weighted by Crippen LogP contribution is 2.32. The number of benzene rings is 1. The van der Waals surface area contributed by atoms with E-state index < -0.39 is 11.8 Å². The van der Waals surface area contributed by atoms with Gasteiger partial charge in [-0.2, -0.15) is 0 Å². The van der Waals surface area contributed by atoms with Crippen molar-refractivity contribution in [2.75, 3.05) is 4.90 Å². The van der Waals surface area contributed by atoms with Crippen LogP contribution in [0, 0.1) is 0 Å². The number of nitrogens with zero attached hydrogens (tertiary/aromatic N) is 2. The van der Waals surface area contributed by atoms with Crippen LogP contribution in [0.3, 0.4) is 0 Å². The summed E-state index contributed by atoms with van der Waals surface area (Å²) in [5.41, 5.74) is 0.705. The Balaban J connectivity index is 2.16. The normalized spacial score (nSPS) is 13.9. The number of rotatable bonds is 1. The molecule has 2 amide bonds. The van der Waals surface area contributed by atoms with Crippen LogP contribution in [-0.4, -0.2) is 16.8 Å². The summed E-state index contributed by atoms with van der Waals surface area (Å²) in [5, 5.41) is 0.260. The Morgan fingerprint density at radius 1 is 1.11 bits per heavy atom. The molecule has 0 N–H and O–H groups in total. The highest BCUT2D eigenvalue weighted by molar-refractivity contribution is 9.10. The van der Waals surface area contributed by atoms with E-state index in [9.17, 15) is 9.59 Å². The van der Waals surface area contributed by atoms with Gasteiger partial charge in [-0.05, 0) is 30.3 Å². The Labute approximate surface area is 122 Å². The minimum atomic E-state index is -0.415. The van der Waals surface area contributed by atoms with Gasteiger partial charge in [-0.15, -0.1) is 0 Å². The maximum absolute atomic E-state index is 12.3. The average Bonchev–Trinajstić information content (AvgIpc) is 2.63. The van der Waals surface area contributed by atoms with Crippen molar-refractivity contribution in [2.24, 2.45) is 0 Å². The smallest absolute Gasteiger partial charge is 0.267 e. The van der Waals surface area contributed by atoms with Gasteiger partial charge in [-0.25, -0.2) is 9.88 Å². The van der Waals surface area contributed by atoms with Gasteiger partial charge in [0.15, 0.2) is 5.82 Å². The van der Waals surface area contributed by atoms with Gasteiger partial charge < -0.3 is 0 Å². The third-order valence-electron chi connectivity index (χ3n) is 2.80. The summed E-state index contributed by atoms with van der Waals surface area (Å²) in [6.07, 6.45) is 1.49. The van der Waals surface area contributed by atoms with Gasteiger partial charge in [-0.3, -0.25) is 9.59 Å². The number of halogens is 2. The minimum Gasteiger partial charge on any atom is -0.268 e. The van der Waals surface area contributed by atoms with Crippen molar-refractivity contribution in [3.05, 3.63) is 57.2 Å². The minimum absolute atomic E-state index is 0.159. The van der Waals surface area contributed by atoms with Crippen LogP contribution in [0.25, 0.3) is 0 Å². The predicted molar refractivity (Wildman–Crippen MR) is 74.5 cm³/mol. The molecule has 3 rings (SSSR count). The van der Waals surface area contributed by atoms with E-state index in [1.165, 1.54) is 6.20 Å². The van der Waals surface area contributed by atoms with E-state index in [1.807, 2.05) is 0 Å². The van der Waals surface area contributed by atoms with Crippen molar-refractivity contribution in [3.63, 3.8) is 0 Å². The van der Waals surface area contributed by atoms with Crippen molar-refractivity contribution < 1.29 is 9.59 Å². The highest BCUT2D eigenvalue weighted by Gasteiger charge is 2.38. The third kappa shape index (κ3) is 1.86. The maximum atomic E-state index is 12.3. The quantitative estimate of drug-likeness (QED) is 0.750. The fraction of sp³-hybridized carbons (Fsp3) is 0. The van der Waals surface area contributed by atoms with Gasteiger partial charge in [-0.1, -0.05) is 27.5 Å². The lowest BCUT2D eigenvalue weighted by atomic mass is 10.1. The van der Waals surface area contributed by atoms with Crippen LogP contribution in [0.4, 0.5) is 5.82 Å². The van der Waals surface area contributed by atoms with Crippen LogP contribution < -0.4 is 4.90 Å². The van der Waals surface area contributed by atoms with Crippen molar-refractivity contribution in [1.29, 1.82) is 0 Å². The fourth-order valence-electron chi connectivity index (χ4n) is 1.95. The zero-order chi connectivity index (χ0) is 13.6. The molecule has 2 aromatic rings. The molecule has 94 valence electrons. The second-order valence-corrected chi connectivity index (χ2v) is 5.27. The number of anilines is 1. The van der Waals surface area contributed by atoms with E-state index >= 15 is 0 Å². The number of pyridine rings is 1. The Bertz CT molecular complexity index is 718. The largest absolute Gasteiger partial charge is 0.268 e. The number of carbonyl (C=O) groups excluding carboxylic acids is 2. The van der Waals surface area contributed by atoms with E-state index in [4.69, 9.17) is 11.6 Å². The zero-order valence-corrected chi connectivity index (χ0v) is 11.8. The lowest BCUT2D eigenvalue weighted by Crippen LogP contribution is -2.30. The van der Waals surface area contributed by atoms with E-state index in [0.717, 1.165) is 9.37 Å². The van der Waals surface area contributed by atoms with Gasteiger partial charge in [0.1, 0.15) is 0 Å². The second kappa shape index (κ2) is 4.43. The molecule has 0 saturated carbocycles. The van der Waals surface area contributed by atoms with Gasteiger partial charge in [0.25, 0.3) is 11.8 Å². The van der Waals surface area contributed by atoms with E-state index in [2.05, 4.69) is 20.9 Å². The molecule has 2 heterocycles. The van der Waals surface area contributed by atoms with Gasteiger partial charge >= 0.3 is 0 Å². The predicted octanol–water partition coefficient (Wildman–Crippen LogP) is 3.30. The standard InChI is InChI=1S/C13H6BrClN2O2/c14-7-3-4-8-9(6-7)13(19)17(12(8)18)11-10(15)2-1-5-16-11/h1-6H. The first kappa shape index (κ1) is 12.3. The Morgan fingerprint density at radius 2 is 1.84 bits per heavy atom. The number of hydrogen-bond acceptors (Lipinski definition) is 3. The van der Waals surface area contributed by atoms with Crippen LogP contribution in [-0.2, 0) is 0 Å². The molecule has 6 heteroatoms. The molecule has 0 bridgehead atoms. The molecule has 1 aromatic heterocycles. The molecule has 0 spiro atoms. The van der Waals surface area contributed by atoms with Crippen LogP contribution in [0.15, 0.2) is 41.0 Å². The summed E-state index contributed by atoms with van der Waals surface area (Å²) >= 11 is 9.27. The maximum Gasteiger partial charge on any atom is 0.267 e. The molecular weight excluding hydrogens is 332 g/mol. The fourth-order valence-corrected chi connectivity index (χ4v) is 2.51. The number of hydrogen-bond donors (Lipinski definition) is 0. The van der Waals surface area contributed by atoms with Crippen LogP contribution >= 0.6 is 27.5 Å². The summed E-state index contributed by atoms with van der Waals surface area (Å²) in [4.78, 5) is 29.6.